The van der Waals surface area contributed by atoms with Crippen molar-refractivity contribution in [1.82, 2.24) is 9.88 Å². The first-order valence-corrected chi connectivity index (χ1v) is 12.5. The summed E-state index contributed by atoms with van der Waals surface area (Å²) >= 11 is 0. The maximum absolute atomic E-state index is 13.2. The second kappa shape index (κ2) is 9.28. The molecule has 0 bridgehead atoms. The van der Waals surface area contributed by atoms with Crippen LogP contribution in [-0.2, 0) is 17.7 Å². The molecule has 5 heteroatoms. The van der Waals surface area contributed by atoms with E-state index in [0.717, 1.165) is 44.2 Å². The van der Waals surface area contributed by atoms with Crippen LogP contribution in [0.1, 0.15) is 57.6 Å². The van der Waals surface area contributed by atoms with Crippen LogP contribution in [-0.4, -0.2) is 40.2 Å². The van der Waals surface area contributed by atoms with Gasteiger partial charge in [0.25, 0.3) is 0 Å². The van der Waals surface area contributed by atoms with Crippen LogP contribution in [0.15, 0.2) is 60.9 Å². The molecule has 0 radical (unpaired) electrons. The second-order valence-electron chi connectivity index (χ2n) is 10.7. The summed E-state index contributed by atoms with van der Waals surface area (Å²) in [7, 11) is 0. The zero-order valence-electron chi connectivity index (χ0n) is 20.5. The Kier molecular flexibility index (Phi) is 6.20. The number of nitrogens with zero attached hydrogens (tertiary/aromatic N) is 3. The van der Waals surface area contributed by atoms with Gasteiger partial charge in [0.2, 0.25) is 0 Å². The number of anilines is 1. The van der Waals surface area contributed by atoms with E-state index in [1.807, 2.05) is 56.3 Å². The number of carbonyl (C=O) groups excluding carboxylic acids is 1. The van der Waals surface area contributed by atoms with Gasteiger partial charge in [0.1, 0.15) is 5.60 Å². The lowest BCUT2D eigenvalue weighted by molar-refractivity contribution is 0.00920. The van der Waals surface area contributed by atoms with Crippen molar-refractivity contribution in [1.29, 1.82) is 0 Å². The lowest BCUT2D eigenvalue weighted by atomic mass is 9.87. The number of amides is 1. The van der Waals surface area contributed by atoms with Gasteiger partial charge in [-0.2, -0.15) is 0 Å². The van der Waals surface area contributed by atoms with Crippen LogP contribution < -0.4 is 4.90 Å². The molecule has 0 spiro atoms. The lowest BCUT2D eigenvalue weighted by Crippen LogP contribution is -2.48. The molecule has 178 valence electrons. The van der Waals surface area contributed by atoms with E-state index in [0.29, 0.717) is 12.6 Å². The Morgan fingerprint density at radius 3 is 2.53 bits per heavy atom. The first-order chi connectivity index (χ1) is 16.4. The van der Waals surface area contributed by atoms with E-state index in [4.69, 9.17) is 4.74 Å². The minimum absolute atomic E-state index is 0.198. The first kappa shape index (κ1) is 22.7. The predicted octanol–water partition coefficient (Wildman–Crippen LogP) is 6.35. The molecule has 5 rings (SSSR count). The lowest BCUT2D eigenvalue weighted by Gasteiger charge is -2.43. The van der Waals surface area contributed by atoms with Crippen LogP contribution in [0, 0.1) is 0 Å². The van der Waals surface area contributed by atoms with Gasteiger partial charge in [-0.1, -0.05) is 42.5 Å². The number of aromatic nitrogens is 1. The van der Waals surface area contributed by atoms with Gasteiger partial charge in [0.15, 0.2) is 0 Å². The minimum Gasteiger partial charge on any atom is -0.444 e. The topological polar surface area (TPSA) is 45.7 Å². The summed E-state index contributed by atoms with van der Waals surface area (Å²) in [6.07, 6.45) is 8.99. The van der Waals surface area contributed by atoms with Gasteiger partial charge in [0.05, 0.1) is 0 Å². The summed E-state index contributed by atoms with van der Waals surface area (Å²) in [6.45, 7) is 7.44. The highest BCUT2D eigenvalue weighted by Crippen LogP contribution is 2.38. The van der Waals surface area contributed by atoms with E-state index >= 15 is 0 Å². The number of pyridine rings is 1. The van der Waals surface area contributed by atoms with E-state index in [1.165, 1.54) is 22.0 Å². The third kappa shape index (κ3) is 4.75. The monoisotopic (exact) mass is 457 g/mol. The van der Waals surface area contributed by atoms with Crippen LogP contribution in [0.4, 0.5) is 10.5 Å². The standard InChI is InChI=1S/C29H35N3O2/c1-29(2,3)34-28(33)32(20-21-8-5-4-6-9-21)25-14-12-24(13-15-25)31-17-16-23-19-30-18-22-10-7-11-26(31)27(22)23/h4-11,18-19,24-25H,12-17,20H2,1-3H3/t24-,25-. The largest absolute Gasteiger partial charge is 0.444 e. The van der Waals surface area contributed by atoms with E-state index in [-0.39, 0.29) is 12.1 Å². The van der Waals surface area contributed by atoms with Crippen LogP contribution in [0.5, 0.6) is 0 Å². The highest BCUT2D eigenvalue weighted by atomic mass is 16.6. The number of rotatable bonds is 4. The van der Waals surface area contributed by atoms with Crippen molar-refractivity contribution in [3.05, 3.63) is 72.1 Å². The molecule has 2 heterocycles. The van der Waals surface area contributed by atoms with Crippen LogP contribution in [0.3, 0.4) is 0 Å². The zero-order chi connectivity index (χ0) is 23.7. The smallest absolute Gasteiger partial charge is 0.410 e. The molecular weight excluding hydrogens is 422 g/mol. The number of ether oxygens (including phenoxy) is 1. The third-order valence-corrected chi connectivity index (χ3v) is 7.14. The Hall–Kier alpha value is -3.08. The molecule has 2 aromatic carbocycles. The third-order valence-electron chi connectivity index (χ3n) is 7.14. The summed E-state index contributed by atoms with van der Waals surface area (Å²) in [5, 5.41) is 2.60. The number of hydrogen-bond donors (Lipinski definition) is 0. The second-order valence-corrected chi connectivity index (χ2v) is 10.7. The fourth-order valence-electron chi connectivity index (χ4n) is 5.58. The summed E-state index contributed by atoms with van der Waals surface area (Å²) < 4.78 is 5.82. The molecule has 2 aliphatic rings. The van der Waals surface area contributed by atoms with E-state index in [2.05, 4.69) is 40.2 Å². The van der Waals surface area contributed by atoms with Gasteiger partial charge in [0, 0.05) is 54.0 Å². The molecule has 1 saturated carbocycles. The average molecular weight is 458 g/mol. The molecule has 34 heavy (non-hydrogen) atoms. The van der Waals surface area contributed by atoms with Crippen LogP contribution in [0.25, 0.3) is 10.8 Å². The molecule has 1 aliphatic carbocycles. The number of carbonyl (C=O) groups is 1. The Morgan fingerprint density at radius 1 is 1.03 bits per heavy atom. The zero-order valence-corrected chi connectivity index (χ0v) is 20.5. The highest BCUT2D eigenvalue weighted by Gasteiger charge is 2.34. The molecular formula is C29H35N3O2. The Morgan fingerprint density at radius 2 is 1.79 bits per heavy atom. The summed E-state index contributed by atoms with van der Waals surface area (Å²) in [5.41, 5.74) is 3.34. The van der Waals surface area contributed by atoms with Crippen molar-refractivity contribution >= 4 is 22.6 Å². The van der Waals surface area contributed by atoms with Gasteiger partial charge in [-0.3, -0.25) is 4.98 Å². The average Bonchev–Trinajstić information content (AvgIpc) is 2.83. The molecule has 0 atom stereocenters. The van der Waals surface area contributed by atoms with Crippen LogP contribution in [0.2, 0.25) is 0 Å². The molecule has 3 aromatic rings. The molecule has 1 fully saturated rings. The SMILES string of the molecule is CC(C)(C)OC(=O)N(Cc1ccccc1)[C@H]1CC[C@H](N2CCc3cncc4cccc2c34)CC1. The molecule has 0 N–H and O–H groups in total. The maximum Gasteiger partial charge on any atom is 0.410 e. The molecule has 5 nitrogen and oxygen atoms in total. The van der Waals surface area contributed by atoms with Gasteiger partial charge in [-0.15, -0.1) is 0 Å². The summed E-state index contributed by atoms with van der Waals surface area (Å²) in [6, 6.07) is 17.5. The molecule has 1 aliphatic heterocycles. The molecule has 1 amide bonds. The quantitative estimate of drug-likeness (QED) is 0.458. The minimum atomic E-state index is -0.502. The fourth-order valence-corrected chi connectivity index (χ4v) is 5.58. The van der Waals surface area contributed by atoms with Gasteiger partial charge in [-0.25, -0.2) is 4.79 Å². The summed E-state index contributed by atoms with van der Waals surface area (Å²) in [4.78, 5) is 22.2. The Bertz CT molecular complexity index is 1140. The van der Waals surface area contributed by atoms with E-state index < -0.39 is 5.60 Å². The van der Waals surface area contributed by atoms with E-state index in [9.17, 15) is 4.79 Å². The molecule has 0 unspecified atom stereocenters. The molecule has 0 saturated heterocycles. The summed E-state index contributed by atoms with van der Waals surface area (Å²) in [5.74, 6) is 0. The van der Waals surface area contributed by atoms with Crippen molar-refractivity contribution in [2.24, 2.45) is 0 Å². The molecule has 1 aromatic heterocycles. The van der Waals surface area contributed by atoms with Crippen molar-refractivity contribution in [2.75, 3.05) is 11.4 Å². The van der Waals surface area contributed by atoms with Crippen LogP contribution >= 0.6 is 0 Å². The fraction of sp³-hybridized carbons (Fsp3) is 0.448. The van der Waals surface area contributed by atoms with Gasteiger partial charge >= 0.3 is 6.09 Å². The van der Waals surface area contributed by atoms with Crippen molar-refractivity contribution < 1.29 is 9.53 Å². The normalized spacial score (nSPS) is 20.3. The Balaban J connectivity index is 1.32. The maximum atomic E-state index is 13.2. The van der Waals surface area contributed by atoms with Crippen molar-refractivity contribution in [3.63, 3.8) is 0 Å². The van der Waals surface area contributed by atoms with Crippen molar-refractivity contribution in [2.45, 2.75) is 77.1 Å². The van der Waals surface area contributed by atoms with Crippen molar-refractivity contribution in [3.8, 4) is 0 Å². The predicted molar refractivity (Wildman–Crippen MR) is 137 cm³/mol. The Labute approximate surface area is 202 Å². The number of benzene rings is 2. The van der Waals surface area contributed by atoms with Gasteiger partial charge in [-0.05, 0) is 70.1 Å². The van der Waals surface area contributed by atoms with E-state index in [1.54, 1.807) is 0 Å². The highest BCUT2D eigenvalue weighted by molar-refractivity contribution is 5.97. The first-order valence-electron chi connectivity index (χ1n) is 12.5. The number of hydrogen-bond acceptors (Lipinski definition) is 4. The van der Waals surface area contributed by atoms with Gasteiger partial charge < -0.3 is 14.5 Å².